The van der Waals surface area contributed by atoms with Crippen LogP contribution >= 0.6 is 11.6 Å². The van der Waals surface area contributed by atoms with E-state index in [1.165, 1.54) is 53.0 Å². The Morgan fingerprint density at radius 3 is 2.46 bits per heavy atom. The van der Waals surface area contributed by atoms with E-state index in [-0.39, 0.29) is 16.2 Å². The number of carbonyl (C=O) groups is 1. The van der Waals surface area contributed by atoms with E-state index >= 15 is 0 Å². The number of rotatable bonds is 5. The highest BCUT2D eigenvalue weighted by Crippen LogP contribution is 2.21. The zero-order valence-electron chi connectivity index (χ0n) is 15.0. The summed E-state index contributed by atoms with van der Waals surface area (Å²) in [6.45, 7) is 1.05. The molecule has 0 aromatic heterocycles. The third-order valence-electron chi connectivity index (χ3n) is 4.43. The molecule has 1 saturated heterocycles. The molecule has 28 heavy (non-hydrogen) atoms. The number of nitrogens with zero attached hydrogens (tertiary/aromatic N) is 2. The predicted molar refractivity (Wildman–Crippen MR) is 107 cm³/mol. The van der Waals surface area contributed by atoms with E-state index in [2.05, 4.69) is 10.5 Å². The van der Waals surface area contributed by atoms with Gasteiger partial charge in [0.2, 0.25) is 10.0 Å². The second kappa shape index (κ2) is 8.72. The van der Waals surface area contributed by atoms with Crippen LogP contribution in [0.15, 0.2) is 52.5 Å². The Morgan fingerprint density at radius 1 is 1.11 bits per heavy atom. The van der Waals surface area contributed by atoms with E-state index in [4.69, 9.17) is 11.6 Å². The van der Waals surface area contributed by atoms with Gasteiger partial charge in [0.15, 0.2) is 0 Å². The minimum atomic E-state index is -3.53. The molecule has 1 heterocycles. The van der Waals surface area contributed by atoms with Crippen molar-refractivity contribution in [3.8, 4) is 5.75 Å². The van der Waals surface area contributed by atoms with E-state index < -0.39 is 15.9 Å². The van der Waals surface area contributed by atoms with Crippen molar-refractivity contribution >= 4 is 33.7 Å². The Kier molecular flexibility index (Phi) is 6.33. The van der Waals surface area contributed by atoms with Crippen LogP contribution in [-0.4, -0.2) is 43.0 Å². The number of hydrogen-bond donors (Lipinski definition) is 2. The van der Waals surface area contributed by atoms with Gasteiger partial charge in [-0.1, -0.05) is 18.0 Å². The molecule has 0 aliphatic carbocycles. The lowest BCUT2D eigenvalue weighted by Gasteiger charge is -2.25. The molecule has 0 bridgehead atoms. The smallest absolute Gasteiger partial charge is 0.271 e. The van der Waals surface area contributed by atoms with Gasteiger partial charge < -0.3 is 5.11 Å². The molecule has 1 fully saturated rings. The monoisotopic (exact) mass is 421 g/mol. The van der Waals surface area contributed by atoms with Crippen LogP contribution in [0.2, 0.25) is 5.02 Å². The van der Waals surface area contributed by atoms with Crippen LogP contribution in [0.1, 0.15) is 35.2 Å². The van der Waals surface area contributed by atoms with Gasteiger partial charge in [0.25, 0.3) is 5.91 Å². The third kappa shape index (κ3) is 4.70. The third-order valence-corrected chi connectivity index (χ3v) is 6.58. The molecular formula is C19H20ClN3O4S. The number of amides is 1. The lowest BCUT2D eigenvalue weighted by Crippen LogP contribution is -2.35. The first-order valence-corrected chi connectivity index (χ1v) is 10.6. The number of hydrazone groups is 1. The number of benzene rings is 2. The fourth-order valence-electron chi connectivity index (χ4n) is 2.89. The summed E-state index contributed by atoms with van der Waals surface area (Å²) in [5.41, 5.74) is 2.96. The van der Waals surface area contributed by atoms with Crippen molar-refractivity contribution in [2.75, 3.05) is 13.1 Å². The van der Waals surface area contributed by atoms with Gasteiger partial charge in [0.1, 0.15) is 5.75 Å². The molecular weight excluding hydrogens is 402 g/mol. The van der Waals surface area contributed by atoms with Crippen molar-refractivity contribution in [3.05, 3.63) is 58.6 Å². The van der Waals surface area contributed by atoms with Gasteiger partial charge in [0.05, 0.1) is 11.1 Å². The lowest BCUT2D eigenvalue weighted by atomic mass is 10.2. The van der Waals surface area contributed by atoms with Gasteiger partial charge in [0, 0.05) is 29.2 Å². The Morgan fingerprint density at radius 2 is 1.79 bits per heavy atom. The standard InChI is InChI=1S/C19H20ClN3O4S/c20-16-6-9-18(24)15(12-16)13-21-22-19(25)14-4-7-17(8-5-14)28(26,27)23-10-2-1-3-11-23/h4-9,12-13,24H,1-3,10-11H2,(H,22,25)/b21-13+. The molecule has 0 radical (unpaired) electrons. The number of carbonyl (C=O) groups excluding carboxylic acids is 1. The summed E-state index contributed by atoms with van der Waals surface area (Å²) in [5.74, 6) is -0.519. The normalized spacial score (nSPS) is 15.6. The first-order valence-electron chi connectivity index (χ1n) is 8.80. The topological polar surface area (TPSA) is 99.1 Å². The number of phenolic OH excluding ortho intramolecular Hbond substituents is 1. The summed E-state index contributed by atoms with van der Waals surface area (Å²) in [6.07, 6.45) is 4.03. The first-order chi connectivity index (χ1) is 13.4. The summed E-state index contributed by atoms with van der Waals surface area (Å²) in [5, 5.41) is 13.9. The molecule has 2 N–H and O–H groups in total. The second-order valence-electron chi connectivity index (χ2n) is 6.39. The van der Waals surface area contributed by atoms with Crippen molar-refractivity contribution in [3.63, 3.8) is 0 Å². The molecule has 0 spiro atoms. The Hall–Kier alpha value is -2.42. The van der Waals surface area contributed by atoms with Crippen LogP contribution in [0, 0.1) is 0 Å². The predicted octanol–water partition coefficient (Wildman–Crippen LogP) is 2.98. The summed E-state index contributed by atoms with van der Waals surface area (Å²) >= 11 is 5.85. The average molecular weight is 422 g/mol. The van der Waals surface area contributed by atoms with Crippen molar-refractivity contribution in [2.24, 2.45) is 5.10 Å². The zero-order chi connectivity index (χ0) is 20.1. The molecule has 0 atom stereocenters. The van der Waals surface area contributed by atoms with E-state index in [9.17, 15) is 18.3 Å². The molecule has 2 aromatic rings. The average Bonchev–Trinajstić information content (AvgIpc) is 2.71. The quantitative estimate of drug-likeness (QED) is 0.572. The zero-order valence-corrected chi connectivity index (χ0v) is 16.6. The van der Waals surface area contributed by atoms with Gasteiger partial charge in [-0.25, -0.2) is 13.8 Å². The molecule has 0 saturated carbocycles. The highest BCUT2D eigenvalue weighted by molar-refractivity contribution is 7.89. The fourth-order valence-corrected chi connectivity index (χ4v) is 4.58. The maximum Gasteiger partial charge on any atom is 0.271 e. The van der Waals surface area contributed by atoms with Crippen LogP contribution in [-0.2, 0) is 10.0 Å². The first kappa shape index (κ1) is 20.3. The number of aromatic hydroxyl groups is 1. The second-order valence-corrected chi connectivity index (χ2v) is 8.77. The van der Waals surface area contributed by atoms with Gasteiger partial charge in [-0.15, -0.1) is 0 Å². The van der Waals surface area contributed by atoms with Crippen molar-refractivity contribution in [1.29, 1.82) is 0 Å². The summed E-state index contributed by atoms with van der Waals surface area (Å²) in [7, 11) is -3.53. The number of halogens is 1. The largest absolute Gasteiger partial charge is 0.507 e. The Labute approximate surface area is 168 Å². The van der Waals surface area contributed by atoms with Gasteiger partial charge in [-0.3, -0.25) is 4.79 Å². The molecule has 148 valence electrons. The molecule has 1 aliphatic rings. The van der Waals surface area contributed by atoms with E-state index in [1.807, 2.05) is 0 Å². The maximum atomic E-state index is 12.6. The van der Waals surface area contributed by atoms with Crippen LogP contribution in [0.4, 0.5) is 0 Å². The SMILES string of the molecule is O=C(N/N=C/c1cc(Cl)ccc1O)c1ccc(S(=O)(=O)N2CCCCC2)cc1. The van der Waals surface area contributed by atoms with Crippen LogP contribution in [0.5, 0.6) is 5.75 Å². The Balaban J connectivity index is 1.66. The Bertz CT molecular complexity index is 985. The number of hydrogen-bond acceptors (Lipinski definition) is 5. The summed E-state index contributed by atoms with van der Waals surface area (Å²) in [6, 6.07) is 10.2. The molecule has 9 heteroatoms. The van der Waals surface area contributed by atoms with E-state index in [0.717, 1.165) is 19.3 Å². The fraction of sp³-hybridized carbons (Fsp3) is 0.263. The number of nitrogens with one attached hydrogen (secondary N) is 1. The van der Waals surface area contributed by atoms with Crippen LogP contribution < -0.4 is 5.43 Å². The van der Waals surface area contributed by atoms with E-state index in [1.54, 1.807) is 0 Å². The highest BCUT2D eigenvalue weighted by atomic mass is 35.5. The van der Waals surface area contributed by atoms with Crippen molar-refractivity contribution < 1.29 is 18.3 Å². The number of piperidine rings is 1. The number of phenols is 1. The van der Waals surface area contributed by atoms with Gasteiger partial charge >= 0.3 is 0 Å². The molecule has 3 rings (SSSR count). The minimum absolute atomic E-state index is 0.0188. The minimum Gasteiger partial charge on any atom is -0.507 e. The van der Waals surface area contributed by atoms with Crippen LogP contribution in [0.25, 0.3) is 0 Å². The molecule has 1 amide bonds. The van der Waals surface area contributed by atoms with Crippen molar-refractivity contribution in [2.45, 2.75) is 24.2 Å². The van der Waals surface area contributed by atoms with Crippen LogP contribution in [0.3, 0.4) is 0 Å². The molecule has 1 aliphatic heterocycles. The summed E-state index contributed by atoms with van der Waals surface area (Å²) < 4.78 is 26.7. The molecule has 2 aromatic carbocycles. The van der Waals surface area contributed by atoms with E-state index in [0.29, 0.717) is 23.7 Å². The van der Waals surface area contributed by atoms with Crippen molar-refractivity contribution in [1.82, 2.24) is 9.73 Å². The van der Waals surface area contributed by atoms with Gasteiger partial charge in [-0.05, 0) is 55.3 Å². The number of sulfonamides is 1. The molecule has 0 unspecified atom stereocenters. The summed E-state index contributed by atoms with van der Waals surface area (Å²) in [4.78, 5) is 12.3. The highest BCUT2D eigenvalue weighted by Gasteiger charge is 2.25. The maximum absolute atomic E-state index is 12.6. The molecule has 7 nitrogen and oxygen atoms in total. The van der Waals surface area contributed by atoms with Gasteiger partial charge in [-0.2, -0.15) is 9.41 Å². The lowest BCUT2D eigenvalue weighted by molar-refractivity contribution is 0.0955.